The summed E-state index contributed by atoms with van der Waals surface area (Å²) in [5, 5.41) is 8.72. The van der Waals surface area contributed by atoms with Gasteiger partial charge in [-0.15, -0.1) is 0 Å². The molecule has 0 fully saturated rings. The summed E-state index contributed by atoms with van der Waals surface area (Å²) in [6.45, 7) is 10.0. The van der Waals surface area contributed by atoms with Crippen LogP contribution in [-0.4, -0.2) is 42.0 Å². The summed E-state index contributed by atoms with van der Waals surface area (Å²) >= 11 is 4.33. The Morgan fingerprint density at radius 2 is 2.00 bits per heavy atom. The van der Waals surface area contributed by atoms with Gasteiger partial charge >= 0.3 is 0 Å². The number of aliphatic hydroxyl groups excluding tert-OH is 1. The Hall–Kier alpha value is 0.270. The van der Waals surface area contributed by atoms with Crippen LogP contribution in [0.3, 0.4) is 0 Å². The van der Waals surface area contributed by atoms with Crippen LogP contribution in [0, 0.1) is 5.41 Å². The van der Waals surface area contributed by atoms with E-state index in [4.69, 9.17) is 5.11 Å². The molecule has 0 aromatic carbocycles. The van der Waals surface area contributed by atoms with E-state index in [2.05, 4.69) is 38.3 Å². The highest BCUT2D eigenvalue weighted by Gasteiger charge is 2.18. The molecule has 2 nitrogen and oxygen atoms in total. The largest absolute Gasteiger partial charge is 0.396 e. The zero-order valence-corrected chi connectivity index (χ0v) is 9.98. The number of aliphatic hydroxyl groups is 1. The van der Waals surface area contributed by atoms with Gasteiger partial charge in [-0.2, -0.15) is 12.6 Å². The molecule has 0 saturated carbocycles. The van der Waals surface area contributed by atoms with Crippen LogP contribution in [-0.2, 0) is 0 Å². The van der Waals surface area contributed by atoms with Crippen LogP contribution in [0.4, 0.5) is 0 Å². The fourth-order valence-electron chi connectivity index (χ4n) is 1.30. The highest BCUT2D eigenvalue weighted by atomic mass is 32.1. The number of rotatable bonds is 7. The second-order valence-electron chi connectivity index (χ2n) is 4.27. The zero-order chi connectivity index (χ0) is 10.3. The highest BCUT2D eigenvalue weighted by molar-refractivity contribution is 7.80. The maximum Gasteiger partial charge on any atom is 0.0443 e. The number of hydrogen-bond acceptors (Lipinski definition) is 3. The Morgan fingerprint density at radius 1 is 1.38 bits per heavy atom. The summed E-state index contributed by atoms with van der Waals surface area (Å²) in [6.07, 6.45) is 0.872. The molecule has 0 bridgehead atoms. The fourth-order valence-corrected chi connectivity index (χ4v) is 1.40. The third kappa shape index (κ3) is 6.36. The average molecular weight is 205 g/mol. The average Bonchev–Trinajstić information content (AvgIpc) is 2.12. The molecule has 13 heavy (non-hydrogen) atoms. The van der Waals surface area contributed by atoms with E-state index in [0.29, 0.717) is 0 Å². The van der Waals surface area contributed by atoms with Crippen molar-refractivity contribution in [3.8, 4) is 0 Å². The van der Waals surface area contributed by atoms with Gasteiger partial charge in [0, 0.05) is 19.7 Å². The van der Waals surface area contributed by atoms with Crippen LogP contribution in [0.1, 0.15) is 27.2 Å². The van der Waals surface area contributed by atoms with Crippen LogP contribution >= 0.6 is 12.6 Å². The van der Waals surface area contributed by atoms with Gasteiger partial charge in [0.1, 0.15) is 0 Å². The molecule has 0 radical (unpaired) electrons. The molecule has 0 atom stereocenters. The van der Waals surface area contributed by atoms with E-state index in [9.17, 15) is 0 Å². The first-order chi connectivity index (χ1) is 6.05. The van der Waals surface area contributed by atoms with Gasteiger partial charge < -0.3 is 10.0 Å². The smallest absolute Gasteiger partial charge is 0.0443 e. The minimum absolute atomic E-state index is 0.272. The quantitative estimate of drug-likeness (QED) is 0.617. The molecule has 0 aliphatic heterocycles. The van der Waals surface area contributed by atoms with Gasteiger partial charge in [-0.05, 0) is 24.1 Å². The third-order valence-corrected chi connectivity index (χ3v) is 3.02. The van der Waals surface area contributed by atoms with Crippen molar-refractivity contribution in [2.24, 2.45) is 5.41 Å². The normalized spacial score (nSPS) is 12.5. The lowest BCUT2D eigenvalue weighted by atomic mass is 9.95. The summed E-state index contributed by atoms with van der Waals surface area (Å²) in [7, 11) is 0. The molecule has 0 aliphatic rings. The molecule has 3 heteroatoms. The van der Waals surface area contributed by atoms with E-state index >= 15 is 0 Å². The molecule has 0 aromatic heterocycles. The van der Waals surface area contributed by atoms with E-state index in [1.165, 1.54) is 0 Å². The topological polar surface area (TPSA) is 23.5 Å². The van der Waals surface area contributed by atoms with Crippen molar-refractivity contribution in [1.29, 1.82) is 0 Å². The second kappa shape index (κ2) is 6.68. The van der Waals surface area contributed by atoms with Crippen molar-refractivity contribution >= 4 is 12.6 Å². The number of hydrogen-bond donors (Lipinski definition) is 2. The molecular formula is C10H23NOS. The van der Waals surface area contributed by atoms with Gasteiger partial charge in [0.25, 0.3) is 0 Å². The fraction of sp³-hybridized carbons (Fsp3) is 1.00. The lowest BCUT2D eigenvalue weighted by molar-refractivity contribution is 0.182. The van der Waals surface area contributed by atoms with Crippen molar-refractivity contribution in [2.75, 3.05) is 32.0 Å². The van der Waals surface area contributed by atoms with E-state index in [1.807, 2.05) is 0 Å². The molecule has 0 aromatic rings. The summed E-state index contributed by atoms with van der Waals surface area (Å²) in [6, 6.07) is 0. The predicted molar refractivity (Wildman–Crippen MR) is 61.5 cm³/mol. The lowest BCUT2D eigenvalue weighted by Crippen LogP contribution is -2.36. The van der Waals surface area contributed by atoms with Gasteiger partial charge in [0.15, 0.2) is 0 Å². The third-order valence-electron chi connectivity index (χ3n) is 2.16. The Morgan fingerprint density at radius 3 is 2.38 bits per heavy atom. The Kier molecular flexibility index (Phi) is 6.82. The van der Waals surface area contributed by atoms with Crippen molar-refractivity contribution in [1.82, 2.24) is 4.90 Å². The zero-order valence-electron chi connectivity index (χ0n) is 9.08. The maximum atomic E-state index is 8.72. The number of nitrogens with zero attached hydrogens (tertiary/aromatic N) is 1. The molecule has 0 saturated heterocycles. The van der Waals surface area contributed by atoms with Crippen molar-refractivity contribution < 1.29 is 5.11 Å². The molecule has 0 heterocycles. The lowest BCUT2D eigenvalue weighted by Gasteiger charge is -2.30. The van der Waals surface area contributed by atoms with E-state index in [1.54, 1.807) is 0 Å². The minimum Gasteiger partial charge on any atom is -0.396 e. The van der Waals surface area contributed by atoms with Gasteiger partial charge in [0.05, 0.1) is 0 Å². The summed E-state index contributed by atoms with van der Waals surface area (Å²) in [5.41, 5.74) is 0.272. The molecule has 0 unspecified atom stereocenters. The van der Waals surface area contributed by atoms with Gasteiger partial charge in [-0.3, -0.25) is 0 Å². The summed E-state index contributed by atoms with van der Waals surface area (Å²) in [4.78, 5) is 2.37. The molecule has 0 amide bonds. The molecular weight excluding hydrogens is 182 g/mol. The second-order valence-corrected chi connectivity index (χ2v) is 4.58. The van der Waals surface area contributed by atoms with Crippen LogP contribution in [0.5, 0.6) is 0 Å². The van der Waals surface area contributed by atoms with Crippen LogP contribution in [0.25, 0.3) is 0 Å². The Bertz CT molecular complexity index is 128. The van der Waals surface area contributed by atoms with Gasteiger partial charge in [-0.25, -0.2) is 0 Å². The molecule has 0 spiro atoms. The first-order valence-corrected chi connectivity index (χ1v) is 5.63. The Balaban J connectivity index is 3.82. The predicted octanol–water partition coefficient (Wildman–Crippen LogP) is 1.65. The molecule has 0 rings (SSSR count). The molecule has 80 valence electrons. The van der Waals surface area contributed by atoms with Crippen molar-refractivity contribution in [3.05, 3.63) is 0 Å². The van der Waals surface area contributed by atoms with E-state index in [0.717, 1.165) is 31.8 Å². The van der Waals surface area contributed by atoms with E-state index in [-0.39, 0.29) is 12.0 Å². The van der Waals surface area contributed by atoms with Crippen molar-refractivity contribution in [3.63, 3.8) is 0 Å². The number of thiol groups is 1. The molecule has 1 N–H and O–H groups in total. The van der Waals surface area contributed by atoms with Crippen molar-refractivity contribution in [2.45, 2.75) is 27.2 Å². The first kappa shape index (κ1) is 13.3. The minimum atomic E-state index is 0.272. The molecule has 0 aliphatic carbocycles. The first-order valence-electron chi connectivity index (χ1n) is 5.00. The summed E-state index contributed by atoms with van der Waals surface area (Å²) in [5.74, 6) is 0.905. The van der Waals surface area contributed by atoms with E-state index < -0.39 is 0 Å². The standard InChI is InChI=1S/C10H23NOS/c1-4-11(6-5-7-12)8-10(2,3)9-13/h12-13H,4-9H2,1-3H3. The van der Waals surface area contributed by atoms with Gasteiger partial charge in [-0.1, -0.05) is 20.8 Å². The van der Waals surface area contributed by atoms with Crippen LogP contribution in [0.15, 0.2) is 0 Å². The SMILES string of the molecule is CCN(CCCO)CC(C)(C)CS. The van der Waals surface area contributed by atoms with Gasteiger partial charge in [0.2, 0.25) is 0 Å². The highest BCUT2D eigenvalue weighted by Crippen LogP contribution is 2.18. The van der Waals surface area contributed by atoms with Crippen LogP contribution < -0.4 is 0 Å². The summed E-state index contributed by atoms with van der Waals surface area (Å²) < 4.78 is 0. The van der Waals surface area contributed by atoms with Crippen LogP contribution in [0.2, 0.25) is 0 Å². The Labute approximate surface area is 87.7 Å². The monoisotopic (exact) mass is 205 g/mol. The maximum absolute atomic E-state index is 8.72.